The van der Waals surface area contributed by atoms with Crippen molar-refractivity contribution in [3.63, 3.8) is 0 Å². The summed E-state index contributed by atoms with van der Waals surface area (Å²) in [6.45, 7) is 2.26. The molecule has 2 unspecified atom stereocenters. The second-order valence-electron chi connectivity index (χ2n) is 10.3. The van der Waals surface area contributed by atoms with Crippen molar-refractivity contribution in [3.05, 3.63) is 112 Å². The van der Waals surface area contributed by atoms with Gasteiger partial charge >= 0.3 is 5.97 Å². The van der Waals surface area contributed by atoms with Crippen LogP contribution in [0.15, 0.2) is 95.3 Å². The lowest BCUT2D eigenvalue weighted by Crippen LogP contribution is -2.36. The Kier molecular flexibility index (Phi) is 7.03. The number of rotatable bonds is 7. The van der Waals surface area contributed by atoms with Gasteiger partial charge in [0.15, 0.2) is 17.3 Å². The van der Waals surface area contributed by atoms with E-state index >= 15 is 0 Å². The number of allylic oxidation sites excluding steroid dienone is 3. The molecule has 0 fully saturated rings. The van der Waals surface area contributed by atoms with E-state index in [4.69, 9.17) is 18.9 Å². The number of Topliss-reactive ketones (excluding diaryl/α,β-unsaturated/α-hetero) is 1. The molecular weight excluding hydrogens is 506 g/mol. The number of carbonyl (C=O) groups excluding carboxylic acids is 2. The Hall–Kier alpha value is -4.52. The molecule has 40 heavy (non-hydrogen) atoms. The van der Waals surface area contributed by atoms with Crippen molar-refractivity contribution in [3.8, 4) is 17.2 Å². The van der Waals surface area contributed by atoms with E-state index in [0.29, 0.717) is 47.6 Å². The largest absolute Gasteiger partial charge is 0.497 e. The first kappa shape index (κ1) is 25.7. The van der Waals surface area contributed by atoms with Gasteiger partial charge in [0.05, 0.1) is 19.3 Å². The van der Waals surface area contributed by atoms with E-state index in [0.717, 1.165) is 28.1 Å². The molecule has 0 saturated carbocycles. The fourth-order valence-corrected chi connectivity index (χ4v) is 5.83. The summed E-state index contributed by atoms with van der Waals surface area (Å²) in [5.41, 5.74) is 5.56. The molecule has 0 bridgehead atoms. The van der Waals surface area contributed by atoms with Crippen LogP contribution in [0.1, 0.15) is 48.3 Å². The Morgan fingerprint density at radius 2 is 1.70 bits per heavy atom. The van der Waals surface area contributed by atoms with Gasteiger partial charge in [-0.1, -0.05) is 48.5 Å². The minimum absolute atomic E-state index is 0.0133. The van der Waals surface area contributed by atoms with Gasteiger partial charge in [0.25, 0.3) is 0 Å². The third-order valence-corrected chi connectivity index (χ3v) is 7.83. The lowest BCUT2D eigenvalue weighted by atomic mass is 9.71. The van der Waals surface area contributed by atoms with Gasteiger partial charge in [-0.2, -0.15) is 0 Å². The van der Waals surface area contributed by atoms with Crippen LogP contribution in [-0.2, 0) is 20.7 Å². The Labute approximate surface area is 233 Å². The zero-order chi connectivity index (χ0) is 27.6. The predicted octanol–water partition coefficient (Wildman–Crippen LogP) is 5.57. The first-order valence-electron chi connectivity index (χ1n) is 13.5. The van der Waals surface area contributed by atoms with Gasteiger partial charge in [0.1, 0.15) is 5.75 Å². The number of nitrogens with one attached hydrogen (secondary N) is 1. The second-order valence-corrected chi connectivity index (χ2v) is 10.3. The number of carbonyl (C=O) groups is 2. The molecule has 1 aliphatic carbocycles. The molecule has 0 radical (unpaired) electrons. The Bertz CT molecular complexity index is 1510. The van der Waals surface area contributed by atoms with Crippen molar-refractivity contribution in [2.24, 2.45) is 0 Å². The first-order valence-corrected chi connectivity index (χ1v) is 13.5. The number of hydrogen-bond acceptors (Lipinski definition) is 7. The Morgan fingerprint density at radius 1 is 0.950 bits per heavy atom. The molecule has 0 aromatic heterocycles. The number of dihydropyridines is 1. The van der Waals surface area contributed by atoms with Crippen LogP contribution in [0, 0.1) is 0 Å². The van der Waals surface area contributed by atoms with Crippen LogP contribution in [-0.4, -0.2) is 32.3 Å². The molecule has 2 heterocycles. The van der Waals surface area contributed by atoms with Crippen LogP contribution < -0.4 is 19.5 Å². The SMILES string of the molecule is COc1ccc(C2CC(=O)C3=C(C2)NC(C)=C(C(=O)OCCc2ccccc2)C3c2ccc3c(c2)OCO3)cc1. The van der Waals surface area contributed by atoms with Gasteiger partial charge in [0.2, 0.25) is 6.79 Å². The maximum absolute atomic E-state index is 13.9. The van der Waals surface area contributed by atoms with Gasteiger partial charge in [-0.05, 0) is 60.2 Å². The van der Waals surface area contributed by atoms with Crippen LogP contribution in [0.5, 0.6) is 17.2 Å². The number of ether oxygens (including phenoxy) is 4. The first-order chi connectivity index (χ1) is 19.5. The third-order valence-electron chi connectivity index (χ3n) is 7.83. The molecule has 7 heteroatoms. The second kappa shape index (κ2) is 10.9. The minimum Gasteiger partial charge on any atom is -0.497 e. The van der Waals surface area contributed by atoms with Crippen LogP contribution in [0.25, 0.3) is 0 Å². The molecule has 0 saturated heterocycles. The number of ketones is 1. The van der Waals surface area contributed by atoms with E-state index in [1.807, 2.05) is 79.7 Å². The summed E-state index contributed by atoms with van der Waals surface area (Å²) in [6.07, 6.45) is 1.61. The van der Waals surface area contributed by atoms with Crippen molar-refractivity contribution in [1.29, 1.82) is 0 Å². The van der Waals surface area contributed by atoms with Gasteiger partial charge in [-0.15, -0.1) is 0 Å². The molecule has 2 aliphatic heterocycles. The summed E-state index contributed by atoms with van der Waals surface area (Å²) < 4.78 is 22.2. The molecule has 0 amide bonds. The average Bonchev–Trinajstić information content (AvgIpc) is 3.45. The molecule has 7 nitrogen and oxygen atoms in total. The number of benzene rings is 3. The van der Waals surface area contributed by atoms with Crippen LogP contribution >= 0.6 is 0 Å². The topological polar surface area (TPSA) is 83.1 Å². The quantitative estimate of drug-likeness (QED) is 0.395. The summed E-state index contributed by atoms with van der Waals surface area (Å²) in [4.78, 5) is 27.5. The van der Waals surface area contributed by atoms with E-state index in [9.17, 15) is 9.59 Å². The fraction of sp³-hybridized carbons (Fsp3) is 0.273. The Balaban J connectivity index is 1.33. The summed E-state index contributed by atoms with van der Waals surface area (Å²) in [5.74, 6) is 1.06. The average molecular weight is 538 g/mol. The molecule has 2 atom stereocenters. The maximum atomic E-state index is 13.9. The van der Waals surface area contributed by atoms with E-state index in [-0.39, 0.29) is 25.1 Å². The highest BCUT2D eigenvalue weighted by molar-refractivity contribution is 6.04. The van der Waals surface area contributed by atoms with Crippen molar-refractivity contribution in [2.45, 2.75) is 38.0 Å². The summed E-state index contributed by atoms with van der Waals surface area (Å²) in [5, 5.41) is 3.42. The van der Waals surface area contributed by atoms with Gasteiger partial charge in [0, 0.05) is 35.7 Å². The zero-order valence-corrected chi connectivity index (χ0v) is 22.6. The molecule has 3 aromatic carbocycles. The third kappa shape index (κ3) is 4.95. The van der Waals surface area contributed by atoms with E-state index in [1.165, 1.54) is 0 Å². The molecule has 6 rings (SSSR count). The standard InChI is InChI=1S/C33H31NO6/c1-20-30(33(36)38-15-14-21-6-4-3-5-7-21)31(23-10-13-28-29(18-23)40-19-39-28)32-26(34-20)16-24(17-27(32)35)22-8-11-25(37-2)12-9-22/h3-13,18,24,31,34H,14-17,19H2,1-2H3. The molecule has 204 valence electrons. The minimum atomic E-state index is -0.570. The number of hydrogen-bond donors (Lipinski definition) is 1. The highest BCUT2D eigenvalue weighted by Crippen LogP contribution is 2.47. The lowest BCUT2D eigenvalue weighted by Gasteiger charge is -2.36. The van der Waals surface area contributed by atoms with Crippen molar-refractivity contribution in [2.75, 3.05) is 20.5 Å². The normalized spacial score (nSPS) is 19.7. The van der Waals surface area contributed by atoms with Crippen molar-refractivity contribution >= 4 is 11.8 Å². The van der Waals surface area contributed by atoms with Crippen molar-refractivity contribution in [1.82, 2.24) is 5.32 Å². The highest BCUT2D eigenvalue weighted by atomic mass is 16.7. The summed E-state index contributed by atoms with van der Waals surface area (Å²) >= 11 is 0. The molecule has 3 aromatic rings. The fourth-order valence-electron chi connectivity index (χ4n) is 5.83. The lowest BCUT2D eigenvalue weighted by molar-refractivity contribution is -0.139. The number of methoxy groups -OCH3 is 1. The van der Waals surface area contributed by atoms with Crippen molar-refractivity contribution < 1.29 is 28.5 Å². The zero-order valence-electron chi connectivity index (χ0n) is 22.6. The van der Waals surface area contributed by atoms with Crippen LogP contribution in [0.4, 0.5) is 0 Å². The summed E-state index contributed by atoms with van der Waals surface area (Å²) in [7, 11) is 1.64. The van der Waals surface area contributed by atoms with Crippen LogP contribution in [0.2, 0.25) is 0 Å². The number of esters is 1. The maximum Gasteiger partial charge on any atom is 0.336 e. The highest BCUT2D eigenvalue weighted by Gasteiger charge is 2.42. The van der Waals surface area contributed by atoms with Gasteiger partial charge < -0.3 is 24.3 Å². The Morgan fingerprint density at radius 3 is 2.48 bits per heavy atom. The molecule has 1 N–H and O–H groups in total. The van der Waals surface area contributed by atoms with E-state index in [2.05, 4.69) is 5.32 Å². The molecular formula is C33H31NO6. The summed E-state index contributed by atoms with van der Waals surface area (Å²) in [6, 6.07) is 23.4. The monoisotopic (exact) mass is 537 g/mol. The van der Waals surface area contributed by atoms with Gasteiger partial charge in [-0.25, -0.2) is 4.79 Å². The molecule has 0 spiro atoms. The number of fused-ring (bicyclic) bond motifs is 1. The smallest absolute Gasteiger partial charge is 0.336 e. The van der Waals surface area contributed by atoms with E-state index in [1.54, 1.807) is 7.11 Å². The predicted molar refractivity (Wildman–Crippen MR) is 149 cm³/mol. The molecule has 3 aliphatic rings. The van der Waals surface area contributed by atoms with Crippen LogP contribution in [0.3, 0.4) is 0 Å². The van der Waals surface area contributed by atoms with E-state index < -0.39 is 11.9 Å². The van der Waals surface area contributed by atoms with Gasteiger partial charge in [-0.3, -0.25) is 4.79 Å².